The van der Waals surface area contributed by atoms with E-state index in [0.717, 1.165) is 18.1 Å². The molecule has 2 nitrogen and oxygen atoms in total. The maximum atomic E-state index is 8.79. The first-order valence-electron chi connectivity index (χ1n) is 3.02. The van der Waals surface area contributed by atoms with Crippen molar-refractivity contribution >= 4 is 11.8 Å². The fourth-order valence-electron chi connectivity index (χ4n) is 0.396. The highest BCUT2D eigenvalue weighted by Crippen LogP contribution is 2.01. The Kier molecular flexibility index (Phi) is 6.58. The Morgan fingerprint density at radius 2 is 2.33 bits per heavy atom. The number of ether oxygens (including phenoxy) is 1. The van der Waals surface area contributed by atoms with Gasteiger partial charge in [-0.15, -0.1) is 0 Å². The summed E-state index contributed by atoms with van der Waals surface area (Å²) in [6.07, 6.45) is -0.188. The Balaban J connectivity index is 2.75. The van der Waals surface area contributed by atoms with E-state index in [1.807, 2.05) is 0 Å². The molecule has 0 fully saturated rings. The van der Waals surface area contributed by atoms with Gasteiger partial charge in [0.15, 0.2) is 0 Å². The monoisotopic (exact) mass is 150 g/mol. The fourth-order valence-corrected chi connectivity index (χ4v) is 1.19. The predicted octanol–water partition coefficient (Wildman–Crippen LogP) is 0.747. The number of thioether (sulfide) groups is 1. The van der Waals surface area contributed by atoms with Crippen molar-refractivity contribution in [2.45, 2.75) is 13.0 Å². The third kappa shape index (κ3) is 8.27. The number of hydrogen-bond acceptors (Lipinski definition) is 3. The lowest BCUT2D eigenvalue weighted by Crippen LogP contribution is -2.04. The van der Waals surface area contributed by atoms with Crippen LogP contribution in [0, 0.1) is 0 Å². The molecule has 9 heavy (non-hydrogen) atoms. The van der Waals surface area contributed by atoms with E-state index >= 15 is 0 Å². The van der Waals surface area contributed by atoms with E-state index in [9.17, 15) is 0 Å². The summed E-state index contributed by atoms with van der Waals surface area (Å²) >= 11 is 1.71. The maximum Gasteiger partial charge on any atom is 0.0602 e. The molecule has 0 aromatic heterocycles. The van der Waals surface area contributed by atoms with Gasteiger partial charge in [-0.05, 0) is 6.92 Å². The molecule has 0 aromatic carbocycles. The minimum atomic E-state index is -0.188. The third-order valence-corrected chi connectivity index (χ3v) is 1.96. The van der Waals surface area contributed by atoms with E-state index in [1.165, 1.54) is 0 Å². The molecule has 1 atom stereocenters. The zero-order chi connectivity index (χ0) is 7.11. The molecule has 0 aromatic rings. The number of aliphatic hydroxyl groups excluding tert-OH is 1. The van der Waals surface area contributed by atoms with Crippen LogP contribution in [0.4, 0.5) is 0 Å². The molecule has 0 aliphatic rings. The van der Waals surface area contributed by atoms with E-state index in [1.54, 1.807) is 25.8 Å². The summed E-state index contributed by atoms with van der Waals surface area (Å²) in [7, 11) is 1.68. The number of aliphatic hydroxyl groups is 1. The summed E-state index contributed by atoms with van der Waals surface area (Å²) < 4.78 is 4.82. The topological polar surface area (TPSA) is 29.5 Å². The second-order valence-electron chi connectivity index (χ2n) is 1.92. The van der Waals surface area contributed by atoms with Gasteiger partial charge in [0.25, 0.3) is 0 Å². The Morgan fingerprint density at radius 1 is 1.67 bits per heavy atom. The van der Waals surface area contributed by atoms with Gasteiger partial charge in [0.2, 0.25) is 0 Å². The summed E-state index contributed by atoms with van der Waals surface area (Å²) in [5.74, 6) is 1.78. The van der Waals surface area contributed by atoms with Crippen LogP contribution in [-0.2, 0) is 4.74 Å². The minimum absolute atomic E-state index is 0.188. The normalized spacial score (nSPS) is 13.7. The molecule has 0 spiro atoms. The van der Waals surface area contributed by atoms with Crippen LogP contribution >= 0.6 is 11.8 Å². The molecule has 0 bridgehead atoms. The highest BCUT2D eigenvalue weighted by molar-refractivity contribution is 7.99. The summed E-state index contributed by atoms with van der Waals surface area (Å²) in [5, 5.41) is 8.79. The van der Waals surface area contributed by atoms with Crippen molar-refractivity contribution in [2.75, 3.05) is 25.2 Å². The molecule has 0 rings (SSSR count). The van der Waals surface area contributed by atoms with Crippen molar-refractivity contribution in [3.05, 3.63) is 0 Å². The molecule has 3 heteroatoms. The second-order valence-corrected chi connectivity index (χ2v) is 3.07. The Labute approximate surface area is 60.6 Å². The average Bonchev–Trinajstić information content (AvgIpc) is 1.80. The molecule has 0 radical (unpaired) electrons. The van der Waals surface area contributed by atoms with Gasteiger partial charge in [0.05, 0.1) is 12.7 Å². The van der Waals surface area contributed by atoms with Crippen molar-refractivity contribution in [3.63, 3.8) is 0 Å². The zero-order valence-corrected chi connectivity index (χ0v) is 6.78. The quantitative estimate of drug-likeness (QED) is 0.586. The average molecular weight is 150 g/mol. The summed E-state index contributed by atoms with van der Waals surface area (Å²) in [4.78, 5) is 0. The standard InChI is InChI=1S/C6H14O2S/c1-6(7)5-9-4-3-8-2/h6-7H,3-5H2,1-2H3. The van der Waals surface area contributed by atoms with Crippen LogP contribution < -0.4 is 0 Å². The molecule has 56 valence electrons. The van der Waals surface area contributed by atoms with Gasteiger partial charge in [-0.25, -0.2) is 0 Å². The lowest BCUT2D eigenvalue weighted by atomic mass is 10.5. The smallest absolute Gasteiger partial charge is 0.0602 e. The van der Waals surface area contributed by atoms with E-state index in [-0.39, 0.29) is 6.10 Å². The molecule has 0 heterocycles. The predicted molar refractivity (Wildman–Crippen MR) is 40.9 cm³/mol. The Hall–Kier alpha value is 0.270. The molecular weight excluding hydrogens is 136 g/mol. The molecule has 0 saturated carbocycles. The van der Waals surface area contributed by atoms with E-state index in [2.05, 4.69) is 0 Å². The van der Waals surface area contributed by atoms with Crippen LogP contribution in [0.25, 0.3) is 0 Å². The molecule has 0 amide bonds. The van der Waals surface area contributed by atoms with Crippen LogP contribution in [-0.4, -0.2) is 36.4 Å². The lowest BCUT2D eigenvalue weighted by molar-refractivity contribution is 0.215. The summed E-state index contributed by atoms with van der Waals surface area (Å²) in [5.41, 5.74) is 0. The van der Waals surface area contributed by atoms with Gasteiger partial charge >= 0.3 is 0 Å². The third-order valence-electron chi connectivity index (χ3n) is 0.791. The lowest BCUT2D eigenvalue weighted by Gasteiger charge is -2.01. The molecule has 0 aliphatic carbocycles. The molecule has 0 aliphatic heterocycles. The van der Waals surface area contributed by atoms with E-state index in [0.29, 0.717) is 0 Å². The van der Waals surface area contributed by atoms with Crippen molar-refractivity contribution in [1.29, 1.82) is 0 Å². The van der Waals surface area contributed by atoms with Gasteiger partial charge in [0.1, 0.15) is 0 Å². The van der Waals surface area contributed by atoms with Gasteiger partial charge in [-0.1, -0.05) is 0 Å². The first-order chi connectivity index (χ1) is 4.27. The molecular formula is C6H14O2S. The first-order valence-corrected chi connectivity index (χ1v) is 4.17. The molecule has 0 saturated heterocycles. The van der Waals surface area contributed by atoms with Crippen molar-refractivity contribution in [3.8, 4) is 0 Å². The Bertz CT molecular complexity index is 57.0. The van der Waals surface area contributed by atoms with Crippen LogP contribution in [0.5, 0.6) is 0 Å². The second kappa shape index (κ2) is 6.39. The fraction of sp³-hybridized carbons (Fsp3) is 1.00. The van der Waals surface area contributed by atoms with Crippen LogP contribution in [0.3, 0.4) is 0 Å². The van der Waals surface area contributed by atoms with E-state index < -0.39 is 0 Å². The largest absolute Gasteiger partial charge is 0.393 e. The van der Waals surface area contributed by atoms with Gasteiger partial charge in [-0.3, -0.25) is 0 Å². The van der Waals surface area contributed by atoms with Crippen molar-refractivity contribution in [2.24, 2.45) is 0 Å². The van der Waals surface area contributed by atoms with Crippen molar-refractivity contribution < 1.29 is 9.84 Å². The van der Waals surface area contributed by atoms with Crippen LogP contribution in [0.1, 0.15) is 6.92 Å². The maximum absolute atomic E-state index is 8.79. The molecule has 1 N–H and O–H groups in total. The van der Waals surface area contributed by atoms with E-state index in [4.69, 9.17) is 9.84 Å². The number of methoxy groups -OCH3 is 1. The minimum Gasteiger partial charge on any atom is -0.393 e. The van der Waals surface area contributed by atoms with Crippen LogP contribution in [0.15, 0.2) is 0 Å². The van der Waals surface area contributed by atoms with Crippen LogP contribution in [0.2, 0.25) is 0 Å². The summed E-state index contributed by atoms with van der Waals surface area (Å²) in [6.45, 7) is 2.57. The highest BCUT2D eigenvalue weighted by atomic mass is 32.2. The SMILES string of the molecule is COCCSCC(C)O. The van der Waals surface area contributed by atoms with Gasteiger partial charge in [-0.2, -0.15) is 11.8 Å². The summed E-state index contributed by atoms with van der Waals surface area (Å²) in [6, 6.07) is 0. The van der Waals surface area contributed by atoms with Gasteiger partial charge in [0, 0.05) is 18.6 Å². The zero-order valence-electron chi connectivity index (χ0n) is 5.96. The first kappa shape index (κ1) is 9.27. The number of rotatable bonds is 5. The number of hydrogen-bond donors (Lipinski definition) is 1. The Morgan fingerprint density at radius 3 is 2.78 bits per heavy atom. The van der Waals surface area contributed by atoms with Gasteiger partial charge < -0.3 is 9.84 Å². The molecule has 1 unspecified atom stereocenters. The highest BCUT2D eigenvalue weighted by Gasteiger charge is 1.93. The van der Waals surface area contributed by atoms with Crippen molar-refractivity contribution in [1.82, 2.24) is 0 Å².